The molecule has 0 nitrogen and oxygen atoms in total. The molecule has 0 spiro atoms. The first kappa shape index (κ1) is 12.6. The summed E-state index contributed by atoms with van der Waals surface area (Å²) < 4.78 is 0. The Morgan fingerprint density at radius 2 is 1.86 bits per heavy atom. The molecule has 104 valence electrons. The highest BCUT2D eigenvalue weighted by Crippen LogP contribution is 2.39. The highest BCUT2D eigenvalue weighted by Gasteiger charge is 2.23. The van der Waals surface area contributed by atoms with Crippen molar-refractivity contribution in [3.05, 3.63) is 81.3 Å². The van der Waals surface area contributed by atoms with Crippen LogP contribution >= 0.6 is 0 Å². The summed E-state index contributed by atoms with van der Waals surface area (Å²) in [6.07, 6.45) is 13.8. The summed E-state index contributed by atoms with van der Waals surface area (Å²) in [7, 11) is 0. The van der Waals surface area contributed by atoms with Gasteiger partial charge in [0.25, 0.3) is 0 Å². The molecule has 4 rings (SSSR count). The lowest BCUT2D eigenvalue weighted by Gasteiger charge is -2.23. The molecule has 3 aliphatic rings. The van der Waals surface area contributed by atoms with Crippen LogP contribution in [0.1, 0.15) is 26.7 Å². The Kier molecular flexibility index (Phi) is 2.85. The number of benzene rings is 1. The Bertz CT molecular complexity index is 852. The molecule has 0 fully saturated rings. The second kappa shape index (κ2) is 4.73. The molecule has 0 unspecified atom stereocenters. The van der Waals surface area contributed by atoms with Gasteiger partial charge in [-0.25, -0.2) is 0 Å². The Balaban J connectivity index is 1.99. The van der Waals surface area contributed by atoms with Gasteiger partial charge in [-0.3, -0.25) is 0 Å². The minimum absolute atomic E-state index is 0.608. The van der Waals surface area contributed by atoms with E-state index in [1.807, 2.05) is 0 Å². The van der Waals surface area contributed by atoms with Gasteiger partial charge in [0.15, 0.2) is 0 Å². The van der Waals surface area contributed by atoms with Crippen LogP contribution in [0.4, 0.5) is 0 Å². The molecule has 0 heteroatoms. The van der Waals surface area contributed by atoms with E-state index in [1.54, 1.807) is 5.57 Å². The van der Waals surface area contributed by atoms with Crippen molar-refractivity contribution in [2.75, 3.05) is 0 Å². The molecule has 0 atom stereocenters. The van der Waals surface area contributed by atoms with Gasteiger partial charge in [-0.15, -0.1) is 0 Å². The highest BCUT2D eigenvalue weighted by atomic mass is 14.3. The molecule has 0 aliphatic heterocycles. The van der Waals surface area contributed by atoms with Gasteiger partial charge in [-0.1, -0.05) is 68.0 Å². The average molecular weight is 272 g/mol. The van der Waals surface area contributed by atoms with Crippen molar-refractivity contribution in [2.45, 2.75) is 26.7 Å². The highest BCUT2D eigenvalue weighted by molar-refractivity contribution is 5.91. The number of hydrogen-bond donors (Lipinski definition) is 0. The van der Waals surface area contributed by atoms with Crippen LogP contribution in [-0.4, -0.2) is 0 Å². The van der Waals surface area contributed by atoms with Gasteiger partial charge >= 0.3 is 0 Å². The van der Waals surface area contributed by atoms with Crippen molar-refractivity contribution >= 4 is 11.6 Å². The first-order valence-electron chi connectivity index (χ1n) is 7.85. The SMILES string of the molecule is CC(C)C1=CC2=c3ccccc3=CC2=C(C2=CC=CC2)C1. The lowest BCUT2D eigenvalue weighted by atomic mass is 9.81. The maximum Gasteiger partial charge on any atom is -0.00522 e. The van der Waals surface area contributed by atoms with Gasteiger partial charge in [0, 0.05) is 0 Å². The molecular formula is C21H20. The fourth-order valence-corrected chi connectivity index (χ4v) is 3.52. The predicted octanol–water partition coefficient (Wildman–Crippen LogP) is 3.80. The average Bonchev–Trinajstić information content (AvgIpc) is 3.13. The molecule has 1 aromatic carbocycles. The van der Waals surface area contributed by atoms with Crippen molar-refractivity contribution in [3.63, 3.8) is 0 Å². The summed E-state index contributed by atoms with van der Waals surface area (Å²) >= 11 is 0. The van der Waals surface area contributed by atoms with Gasteiger partial charge in [0.2, 0.25) is 0 Å². The van der Waals surface area contributed by atoms with Gasteiger partial charge in [-0.05, 0) is 57.6 Å². The number of fused-ring (bicyclic) bond motifs is 2. The summed E-state index contributed by atoms with van der Waals surface area (Å²) in [5, 5.41) is 2.77. The fraction of sp³-hybridized carbons (Fsp3) is 0.238. The van der Waals surface area contributed by atoms with Gasteiger partial charge in [-0.2, -0.15) is 0 Å². The van der Waals surface area contributed by atoms with E-state index in [-0.39, 0.29) is 0 Å². The molecular weight excluding hydrogens is 252 g/mol. The lowest BCUT2D eigenvalue weighted by molar-refractivity contribution is 0.736. The van der Waals surface area contributed by atoms with Crippen LogP contribution in [0.5, 0.6) is 0 Å². The summed E-state index contributed by atoms with van der Waals surface area (Å²) in [5.74, 6) is 0.608. The van der Waals surface area contributed by atoms with Crippen LogP contribution in [0.25, 0.3) is 11.6 Å². The Hall–Kier alpha value is -2.08. The molecule has 3 aliphatic carbocycles. The quantitative estimate of drug-likeness (QED) is 0.768. The molecule has 0 aromatic heterocycles. The van der Waals surface area contributed by atoms with E-state index in [1.165, 1.54) is 32.7 Å². The van der Waals surface area contributed by atoms with Crippen molar-refractivity contribution in [3.8, 4) is 0 Å². The van der Waals surface area contributed by atoms with Crippen molar-refractivity contribution in [1.29, 1.82) is 0 Å². The molecule has 0 radical (unpaired) electrons. The molecule has 0 heterocycles. The minimum atomic E-state index is 0.608. The first-order valence-corrected chi connectivity index (χ1v) is 7.85. The topological polar surface area (TPSA) is 0 Å². The lowest BCUT2D eigenvalue weighted by Crippen LogP contribution is -2.21. The summed E-state index contributed by atoms with van der Waals surface area (Å²) in [6.45, 7) is 4.61. The van der Waals surface area contributed by atoms with E-state index in [2.05, 4.69) is 68.5 Å². The third-order valence-electron chi connectivity index (χ3n) is 4.78. The third kappa shape index (κ3) is 1.98. The molecule has 0 amide bonds. The molecule has 0 saturated carbocycles. The number of hydrogen-bond acceptors (Lipinski definition) is 0. The Morgan fingerprint density at radius 1 is 1.00 bits per heavy atom. The summed E-state index contributed by atoms with van der Waals surface area (Å²) in [4.78, 5) is 0. The molecule has 1 aromatic rings. The van der Waals surface area contributed by atoms with E-state index in [0.717, 1.165) is 12.8 Å². The van der Waals surface area contributed by atoms with Crippen molar-refractivity contribution in [2.24, 2.45) is 5.92 Å². The zero-order valence-corrected chi connectivity index (χ0v) is 12.7. The maximum atomic E-state index is 2.44. The van der Waals surface area contributed by atoms with Crippen LogP contribution in [0.3, 0.4) is 0 Å². The van der Waals surface area contributed by atoms with E-state index < -0.39 is 0 Å². The Morgan fingerprint density at radius 3 is 2.62 bits per heavy atom. The van der Waals surface area contributed by atoms with E-state index in [0.29, 0.717) is 5.92 Å². The molecule has 0 bridgehead atoms. The van der Waals surface area contributed by atoms with Crippen LogP contribution in [0.15, 0.2) is 70.9 Å². The first-order chi connectivity index (χ1) is 10.2. The largest absolute Gasteiger partial charge is 0.0801 e. The monoisotopic (exact) mass is 272 g/mol. The number of allylic oxidation sites excluding steroid dienone is 8. The van der Waals surface area contributed by atoms with Gasteiger partial charge in [0.05, 0.1) is 0 Å². The minimum Gasteiger partial charge on any atom is -0.0801 e. The van der Waals surface area contributed by atoms with Crippen molar-refractivity contribution in [1.82, 2.24) is 0 Å². The Labute approximate surface area is 126 Å². The number of rotatable bonds is 2. The standard InChI is InChI=1S/C21H20/c1-14(2)17-12-19(15-7-3-4-8-15)21-11-16-9-5-6-10-18(16)20(21)13-17/h3-7,9-11,13-14H,8,12H2,1-2H3. The van der Waals surface area contributed by atoms with Gasteiger partial charge in [0.1, 0.15) is 0 Å². The maximum absolute atomic E-state index is 2.44. The van der Waals surface area contributed by atoms with Gasteiger partial charge < -0.3 is 0 Å². The molecule has 0 saturated heterocycles. The predicted molar refractivity (Wildman–Crippen MR) is 90.0 cm³/mol. The summed E-state index contributed by atoms with van der Waals surface area (Å²) in [6, 6.07) is 8.77. The van der Waals surface area contributed by atoms with Crippen LogP contribution in [0, 0.1) is 5.92 Å². The fourth-order valence-electron chi connectivity index (χ4n) is 3.52. The smallest absolute Gasteiger partial charge is 0.00522 e. The van der Waals surface area contributed by atoms with E-state index >= 15 is 0 Å². The van der Waals surface area contributed by atoms with E-state index in [4.69, 9.17) is 0 Å². The van der Waals surface area contributed by atoms with E-state index in [9.17, 15) is 0 Å². The molecule has 21 heavy (non-hydrogen) atoms. The van der Waals surface area contributed by atoms with Crippen molar-refractivity contribution < 1.29 is 0 Å². The van der Waals surface area contributed by atoms with Crippen LogP contribution in [-0.2, 0) is 0 Å². The normalized spacial score (nSPS) is 19.5. The van der Waals surface area contributed by atoms with Crippen LogP contribution < -0.4 is 10.4 Å². The second-order valence-corrected chi connectivity index (χ2v) is 6.41. The zero-order valence-electron chi connectivity index (χ0n) is 12.7. The third-order valence-corrected chi connectivity index (χ3v) is 4.78. The molecule has 0 N–H and O–H groups in total. The summed E-state index contributed by atoms with van der Waals surface area (Å²) in [5.41, 5.74) is 7.48. The zero-order chi connectivity index (χ0) is 14.4. The van der Waals surface area contributed by atoms with Crippen LogP contribution in [0.2, 0.25) is 0 Å². The second-order valence-electron chi connectivity index (χ2n) is 6.41.